The predicted molar refractivity (Wildman–Crippen MR) is 96.2 cm³/mol. The average Bonchev–Trinajstić information content (AvgIpc) is 3.14. The summed E-state index contributed by atoms with van der Waals surface area (Å²) in [5.74, 6) is 0.234. The lowest BCUT2D eigenvalue weighted by Crippen LogP contribution is -2.32. The van der Waals surface area contributed by atoms with Crippen molar-refractivity contribution in [2.24, 2.45) is 0 Å². The normalized spacial score (nSPS) is 19.4. The Balaban J connectivity index is 0.000000311. The van der Waals surface area contributed by atoms with E-state index in [1.807, 2.05) is 11.8 Å². The molecule has 3 nitrogen and oxygen atoms in total. The minimum atomic E-state index is -0.352. The molecule has 6 heteroatoms. The summed E-state index contributed by atoms with van der Waals surface area (Å²) in [4.78, 5) is 22.8. The largest absolute Gasteiger partial charge is 0.342 e. The van der Waals surface area contributed by atoms with Gasteiger partial charge >= 0.3 is 0 Å². The highest BCUT2D eigenvalue weighted by Crippen LogP contribution is 2.14. The lowest BCUT2D eigenvalue weighted by molar-refractivity contribution is -0.129. The van der Waals surface area contributed by atoms with Gasteiger partial charge in [0.05, 0.1) is 28.9 Å². The first-order chi connectivity index (χ1) is 9.86. The second kappa shape index (κ2) is 12.8. The first-order valence-electron chi connectivity index (χ1n) is 7.44. The van der Waals surface area contributed by atoms with Gasteiger partial charge in [0.15, 0.2) is 0 Å². The molecule has 122 valence electrons. The molecule has 2 rings (SSSR count). The highest BCUT2D eigenvalue weighted by atomic mass is 79.9. The molecule has 1 saturated heterocycles. The summed E-state index contributed by atoms with van der Waals surface area (Å²) >= 11 is 11.1. The van der Waals surface area contributed by atoms with Crippen molar-refractivity contribution in [2.45, 2.75) is 62.0 Å². The van der Waals surface area contributed by atoms with Gasteiger partial charge in [0, 0.05) is 13.1 Å². The Kier molecular flexibility index (Phi) is 12.9. The fraction of sp³-hybridized carbons (Fsp3) is 0.800. The fourth-order valence-corrected chi connectivity index (χ4v) is 2.20. The second-order valence-electron chi connectivity index (χ2n) is 5.14. The van der Waals surface area contributed by atoms with Crippen molar-refractivity contribution in [3.63, 3.8) is 0 Å². The Hall–Kier alpha value is 0.260. The summed E-state index contributed by atoms with van der Waals surface area (Å²) in [6.07, 6.45) is 10.3. The Morgan fingerprint density at radius 1 is 1.00 bits per heavy atom. The highest BCUT2D eigenvalue weighted by molar-refractivity contribution is 9.10. The first-order valence-corrected chi connectivity index (χ1v) is 9.65. The van der Waals surface area contributed by atoms with Gasteiger partial charge in [-0.2, -0.15) is 0 Å². The third-order valence-electron chi connectivity index (χ3n) is 3.14. The molecular formula is C15H25Br2ClNO2+. The molecule has 0 aromatic heterocycles. The minimum absolute atomic E-state index is 0.00870. The molecule has 1 heterocycles. The highest BCUT2D eigenvalue weighted by Gasteiger charge is 2.20. The molecule has 1 saturated carbocycles. The molecule has 2 aliphatic rings. The Morgan fingerprint density at radius 2 is 1.43 bits per heavy atom. The van der Waals surface area contributed by atoms with E-state index in [1.165, 1.54) is 38.5 Å². The zero-order valence-corrected chi connectivity index (χ0v) is 16.7. The Morgan fingerprint density at radius 3 is 1.67 bits per heavy atom. The monoisotopic (exact) mass is 444 g/mol. The van der Waals surface area contributed by atoms with Crippen LogP contribution in [0.2, 0.25) is 0 Å². The Labute approximate surface area is 150 Å². The zero-order chi connectivity index (χ0) is 16.3. The van der Waals surface area contributed by atoms with E-state index in [2.05, 4.69) is 38.3 Å². The SMILES string of the molecule is CC(Br)C(=O)Cl.CC(Br)C(=O)N1CCCC1.[CH+]1CCCC1. The smallest absolute Gasteiger partial charge is 0.236 e. The number of hydrogen-bond acceptors (Lipinski definition) is 2. The molecule has 1 amide bonds. The van der Waals surface area contributed by atoms with E-state index >= 15 is 0 Å². The van der Waals surface area contributed by atoms with Gasteiger partial charge in [-0.1, -0.05) is 31.9 Å². The third-order valence-corrected chi connectivity index (χ3v) is 4.54. The van der Waals surface area contributed by atoms with E-state index in [4.69, 9.17) is 11.6 Å². The van der Waals surface area contributed by atoms with Crippen molar-refractivity contribution in [3.05, 3.63) is 6.42 Å². The van der Waals surface area contributed by atoms with Crippen molar-refractivity contribution >= 4 is 54.6 Å². The van der Waals surface area contributed by atoms with Gasteiger partial charge in [0.1, 0.15) is 0 Å². The molecular weight excluding hydrogens is 421 g/mol. The van der Waals surface area contributed by atoms with Gasteiger partial charge in [-0.3, -0.25) is 9.59 Å². The van der Waals surface area contributed by atoms with Crippen molar-refractivity contribution in [1.82, 2.24) is 4.90 Å². The van der Waals surface area contributed by atoms with Crippen LogP contribution < -0.4 is 0 Å². The van der Waals surface area contributed by atoms with E-state index in [-0.39, 0.29) is 20.8 Å². The lowest BCUT2D eigenvalue weighted by Gasteiger charge is -2.16. The van der Waals surface area contributed by atoms with Crippen LogP contribution in [0.1, 0.15) is 52.4 Å². The van der Waals surface area contributed by atoms with Crippen LogP contribution in [-0.4, -0.2) is 38.8 Å². The molecule has 0 spiro atoms. The summed E-state index contributed by atoms with van der Waals surface area (Å²) in [5.41, 5.74) is 0. The molecule has 0 radical (unpaired) electrons. The maximum absolute atomic E-state index is 11.2. The Bertz CT molecular complexity index is 294. The lowest BCUT2D eigenvalue weighted by atomic mass is 10.4. The van der Waals surface area contributed by atoms with Gasteiger partial charge in [-0.25, -0.2) is 0 Å². The van der Waals surface area contributed by atoms with Crippen LogP contribution in [0.25, 0.3) is 0 Å². The summed E-state index contributed by atoms with van der Waals surface area (Å²) in [6, 6.07) is 0. The van der Waals surface area contributed by atoms with Crippen molar-refractivity contribution < 1.29 is 9.59 Å². The number of carbonyl (C=O) groups is 2. The van der Waals surface area contributed by atoms with Gasteiger partial charge in [0.2, 0.25) is 11.1 Å². The van der Waals surface area contributed by atoms with Crippen molar-refractivity contribution in [1.29, 1.82) is 0 Å². The average molecular weight is 447 g/mol. The van der Waals surface area contributed by atoms with Gasteiger partial charge in [-0.05, 0) is 51.1 Å². The summed E-state index contributed by atoms with van der Waals surface area (Å²) in [7, 11) is 0. The number of amides is 1. The standard InChI is InChI=1S/C7H12BrNO.C5H9.C3H4BrClO/c1-6(8)7(10)9-4-2-3-5-9;1-2-4-5-3-1;1-2(4)3(5)6/h6H,2-5H2,1H3;1H,2-5H2;2H,1H3/q;+1;. The predicted octanol–water partition coefficient (Wildman–Crippen LogP) is 4.69. The van der Waals surface area contributed by atoms with Crippen LogP contribution in [0.4, 0.5) is 0 Å². The maximum atomic E-state index is 11.2. The summed E-state index contributed by atoms with van der Waals surface area (Å²) in [6.45, 7) is 5.46. The molecule has 21 heavy (non-hydrogen) atoms. The number of halogens is 3. The van der Waals surface area contributed by atoms with Crippen LogP contribution in [0.3, 0.4) is 0 Å². The number of hydrogen-bond donors (Lipinski definition) is 0. The summed E-state index contributed by atoms with van der Waals surface area (Å²) in [5, 5.41) is -0.352. The van der Waals surface area contributed by atoms with E-state index in [9.17, 15) is 9.59 Å². The van der Waals surface area contributed by atoms with E-state index in [1.54, 1.807) is 6.92 Å². The van der Waals surface area contributed by atoms with E-state index in [0.29, 0.717) is 0 Å². The van der Waals surface area contributed by atoms with E-state index in [0.717, 1.165) is 13.1 Å². The second-order valence-corrected chi connectivity index (χ2v) is 8.26. The van der Waals surface area contributed by atoms with Crippen molar-refractivity contribution in [2.75, 3.05) is 13.1 Å². The molecule has 0 bridgehead atoms. The summed E-state index contributed by atoms with van der Waals surface area (Å²) < 4.78 is 0. The molecule has 1 aliphatic heterocycles. The topological polar surface area (TPSA) is 37.4 Å². The molecule has 2 fully saturated rings. The quantitative estimate of drug-likeness (QED) is 0.351. The molecule has 0 aromatic rings. The van der Waals surface area contributed by atoms with Gasteiger partial charge in [0.25, 0.3) is 0 Å². The van der Waals surface area contributed by atoms with Crippen molar-refractivity contribution in [3.8, 4) is 0 Å². The van der Waals surface area contributed by atoms with Gasteiger partial charge in [-0.15, -0.1) is 0 Å². The third kappa shape index (κ3) is 11.5. The van der Waals surface area contributed by atoms with Crippen LogP contribution in [-0.2, 0) is 9.59 Å². The number of carbonyl (C=O) groups excluding carboxylic acids is 2. The zero-order valence-electron chi connectivity index (χ0n) is 12.8. The number of rotatable bonds is 2. The van der Waals surface area contributed by atoms with Crippen LogP contribution >= 0.6 is 43.5 Å². The fourth-order valence-electron chi connectivity index (χ4n) is 1.91. The molecule has 1 aliphatic carbocycles. The molecule has 0 N–H and O–H groups in total. The van der Waals surface area contributed by atoms with Crippen LogP contribution in [0, 0.1) is 6.42 Å². The van der Waals surface area contributed by atoms with Crippen LogP contribution in [0.15, 0.2) is 0 Å². The van der Waals surface area contributed by atoms with E-state index < -0.39 is 0 Å². The maximum Gasteiger partial charge on any atom is 0.236 e. The molecule has 2 atom stereocenters. The minimum Gasteiger partial charge on any atom is -0.342 e. The van der Waals surface area contributed by atoms with Crippen LogP contribution in [0.5, 0.6) is 0 Å². The first kappa shape index (κ1) is 21.3. The molecule has 0 aromatic carbocycles. The van der Waals surface area contributed by atoms with Gasteiger partial charge < -0.3 is 4.90 Å². The number of alkyl halides is 2. The number of likely N-dealkylation sites (tertiary alicyclic amines) is 1. The molecule has 2 unspecified atom stereocenters. The number of nitrogens with zero attached hydrogens (tertiary/aromatic N) is 1.